The lowest BCUT2D eigenvalue weighted by molar-refractivity contribution is -0.384. The topological polar surface area (TPSA) is 82.3 Å². The van der Waals surface area contributed by atoms with E-state index >= 15 is 0 Å². The number of nitro groups is 1. The van der Waals surface area contributed by atoms with Crippen molar-refractivity contribution in [2.45, 2.75) is 13.8 Å². The first-order valence-electron chi connectivity index (χ1n) is 10.0. The lowest BCUT2D eigenvalue weighted by Crippen LogP contribution is -1.98. The highest BCUT2D eigenvalue weighted by atomic mass is 16.6. The van der Waals surface area contributed by atoms with Crippen LogP contribution in [0.15, 0.2) is 78.9 Å². The number of carbonyl (C=O) groups excluding carboxylic acids is 1. The third-order valence-electron chi connectivity index (χ3n) is 5.10. The van der Waals surface area contributed by atoms with Gasteiger partial charge in [-0.1, -0.05) is 36.4 Å². The summed E-state index contributed by atoms with van der Waals surface area (Å²) in [5.74, 6) is 0.853. The third kappa shape index (κ3) is 4.39. The van der Waals surface area contributed by atoms with Crippen LogP contribution >= 0.6 is 0 Å². The van der Waals surface area contributed by atoms with Gasteiger partial charge in [-0.25, -0.2) is 4.98 Å². The zero-order valence-corrected chi connectivity index (χ0v) is 17.6. The Morgan fingerprint density at radius 3 is 2.34 bits per heavy atom. The summed E-state index contributed by atoms with van der Waals surface area (Å²) < 4.78 is 6.21. The van der Waals surface area contributed by atoms with Crippen LogP contribution in [-0.4, -0.2) is 15.7 Å². The van der Waals surface area contributed by atoms with Crippen molar-refractivity contribution in [3.05, 3.63) is 111 Å². The van der Waals surface area contributed by atoms with Gasteiger partial charge in [-0.15, -0.1) is 0 Å². The SMILES string of the molecule is Cc1cccc(C)c1Oc1nc2ccccc2cc1/C=C/C(=O)c1ccc([N+](=O)[O-])cc1. The number of ether oxygens (including phenoxy) is 1. The zero-order valence-electron chi connectivity index (χ0n) is 17.6. The first-order valence-corrected chi connectivity index (χ1v) is 10.0. The highest BCUT2D eigenvalue weighted by Crippen LogP contribution is 2.32. The van der Waals surface area contributed by atoms with E-state index in [4.69, 9.17) is 4.74 Å². The molecule has 0 N–H and O–H groups in total. The number of rotatable bonds is 6. The number of non-ortho nitro benzene ring substituents is 1. The zero-order chi connectivity index (χ0) is 22.7. The fraction of sp³-hybridized carbons (Fsp3) is 0.0769. The van der Waals surface area contributed by atoms with Gasteiger partial charge in [0.1, 0.15) is 5.75 Å². The lowest BCUT2D eigenvalue weighted by Gasteiger charge is -2.13. The molecule has 4 aromatic rings. The average molecular weight is 424 g/mol. The Bertz CT molecular complexity index is 1340. The predicted molar refractivity (Wildman–Crippen MR) is 124 cm³/mol. The summed E-state index contributed by atoms with van der Waals surface area (Å²) in [5, 5.41) is 11.7. The molecule has 0 fully saturated rings. The van der Waals surface area contributed by atoms with Crippen LogP contribution in [0.2, 0.25) is 0 Å². The van der Waals surface area contributed by atoms with Gasteiger partial charge >= 0.3 is 0 Å². The number of hydrogen-bond acceptors (Lipinski definition) is 5. The normalized spacial score (nSPS) is 11.1. The third-order valence-corrected chi connectivity index (χ3v) is 5.10. The molecule has 0 bridgehead atoms. The molecule has 1 aromatic heterocycles. The highest BCUT2D eigenvalue weighted by molar-refractivity contribution is 6.07. The summed E-state index contributed by atoms with van der Waals surface area (Å²) in [6.45, 7) is 3.94. The van der Waals surface area contributed by atoms with E-state index in [9.17, 15) is 14.9 Å². The molecule has 0 aliphatic heterocycles. The van der Waals surface area contributed by atoms with Crippen LogP contribution in [0.1, 0.15) is 27.0 Å². The maximum Gasteiger partial charge on any atom is 0.269 e. The molecule has 1 heterocycles. The molecule has 0 spiro atoms. The van der Waals surface area contributed by atoms with Crippen LogP contribution in [0.3, 0.4) is 0 Å². The van der Waals surface area contributed by atoms with E-state index in [-0.39, 0.29) is 11.5 Å². The van der Waals surface area contributed by atoms with E-state index in [1.54, 1.807) is 6.08 Å². The number of pyridine rings is 1. The first-order chi connectivity index (χ1) is 15.4. The Morgan fingerprint density at radius 2 is 1.66 bits per heavy atom. The van der Waals surface area contributed by atoms with Crippen molar-refractivity contribution >= 4 is 28.4 Å². The van der Waals surface area contributed by atoms with Crippen LogP contribution in [0, 0.1) is 24.0 Å². The van der Waals surface area contributed by atoms with Crippen LogP contribution in [0.4, 0.5) is 5.69 Å². The number of nitrogens with zero attached hydrogens (tertiary/aromatic N) is 2. The predicted octanol–water partition coefficient (Wildman–Crippen LogP) is 6.45. The summed E-state index contributed by atoms with van der Waals surface area (Å²) in [4.78, 5) is 27.6. The van der Waals surface area contributed by atoms with Crippen molar-refractivity contribution in [2.24, 2.45) is 0 Å². The summed E-state index contributed by atoms with van der Waals surface area (Å²) in [6.07, 6.45) is 3.08. The number of fused-ring (bicyclic) bond motifs is 1. The van der Waals surface area contributed by atoms with Crippen LogP contribution in [0.25, 0.3) is 17.0 Å². The summed E-state index contributed by atoms with van der Waals surface area (Å²) >= 11 is 0. The maximum absolute atomic E-state index is 12.6. The molecule has 0 aliphatic rings. The minimum absolute atomic E-state index is 0.0615. The molecule has 0 radical (unpaired) electrons. The minimum atomic E-state index is -0.498. The Hall–Kier alpha value is -4.32. The van der Waals surface area contributed by atoms with Gasteiger partial charge in [-0.3, -0.25) is 14.9 Å². The van der Waals surface area contributed by atoms with E-state index < -0.39 is 4.92 Å². The number of ketones is 1. The van der Waals surface area contributed by atoms with Crippen molar-refractivity contribution in [3.63, 3.8) is 0 Å². The van der Waals surface area contributed by atoms with Gasteiger partial charge in [0.25, 0.3) is 5.69 Å². The van der Waals surface area contributed by atoms with Crippen molar-refractivity contribution in [2.75, 3.05) is 0 Å². The molecule has 6 heteroatoms. The number of aromatic nitrogens is 1. The van der Waals surface area contributed by atoms with Gasteiger partial charge in [0.2, 0.25) is 5.88 Å². The molecule has 0 atom stereocenters. The Morgan fingerprint density at radius 1 is 0.969 bits per heavy atom. The quantitative estimate of drug-likeness (QED) is 0.154. The van der Waals surface area contributed by atoms with Crippen molar-refractivity contribution < 1.29 is 14.5 Å². The second-order valence-electron chi connectivity index (χ2n) is 7.40. The first kappa shape index (κ1) is 20.9. The molecular formula is C26H20N2O4. The van der Waals surface area contributed by atoms with Gasteiger partial charge in [0, 0.05) is 28.6 Å². The molecule has 0 amide bonds. The highest BCUT2D eigenvalue weighted by Gasteiger charge is 2.12. The number of hydrogen-bond donors (Lipinski definition) is 0. The van der Waals surface area contributed by atoms with E-state index in [1.807, 2.05) is 62.4 Å². The number of para-hydroxylation sites is 2. The molecule has 0 saturated heterocycles. The van der Waals surface area contributed by atoms with Crippen LogP contribution in [0.5, 0.6) is 11.6 Å². The average Bonchev–Trinajstić information content (AvgIpc) is 2.79. The van der Waals surface area contributed by atoms with E-state index in [2.05, 4.69) is 4.98 Å². The second kappa shape index (κ2) is 8.81. The van der Waals surface area contributed by atoms with Crippen LogP contribution in [-0.2, 0) is 0 Å². The number of carbonyl (C=O) groups is 1. The summed E-state index contributed by atoms with van der Waals surface area (Å²) in [6, 6.07) is 21.0. The van der Waals surface area contributed by atoms with Gasteiger partial charge in [0.15, 0.2) is 5.78 Å². The molecule has 32 heavy (non-hydrogen) atoms. The van der Waals surface area contributed by atoms with Gasteiger partial charge < -0.3 is 4.74 Å². The fourth-order valence-electron chi connectivity index (χ4n) is 3.38. The molecular weight excluding hydrogens is 404 g/mol. The van der Waals surface area contributed by atoms with Crippen molar-refractivity contribution in [3.8, 4) is 11.6 Å². The number of benzene rings is 3. The van der Waals surface area contributed by atoms with E-state index in [0.717, 1.165) is 27.8 Å². The lowest BCUT2D eigenvalue weighted by atomic mass is 10.1. The Kier molecular flexibility index (Phi) is 5.77. The van der Waals surface area contributed by atoms with Crippen molar-refractivity contribution in [1.29, 1.82) is 0 Å². The molecule has 6 nitrogen and oxygen atoms in total. The molecule has 0 saturated carbocycles. The molecule has 0 unspecified atom stereocenters. The number of nitro benzene ring substituents is 1. The Labute approximate surface area is 185 Å². The molecule has 0 aliphatic carbocycles. The van der Waals surface area contributed by atoms with E-state index in [1.165, 1.54) is 30.3 Å². The smallest absolute Gasteiger partial charge is 0.269 e. The summed E-state index contributed by atoms with van der Waals surface area (Å²) in [7, 11) is 0. The maximum atomic E-state index is 12.6. The molecule has 3 aromatic carbocycles. The molecule has 4 rings (SSSR count). The van der Waals surface area contributed by atoms with E-state index in [0.29, 0.717) is 17.0 Å². The van der Waals surface area contributed by atoms with Crippen LogP contribution < -0.4 is 4.74 Å². The molecule has 158 valence electrons. The van der Waals surface area contributed by atoms with Gasteiger partial charge in [-0.05, 0) is 61.4 Å². The standard InChI is InChI=1S/C26H20N2O4/c1-17-6-5-7-18(2)25(17)32-26-21(16-20-8-3-4-9-23(20)27-26)12-15-24(29)19-10-13-22(14-11-19)28(30)31/h3-16H,1-2H3/b15-12+. The minimum Gasteiger partial charge on any atom is -0.438 e. The number of allylic oxidation sites excluding steroid dienone is 1. The summed E-state index contributed by atoms with van der Waals surface area (Å²) in [5.41, 5.74) is 3.70. The van der Waals surface area contributed by atoms with Crippen molar-refractivity contribution in [1.82, 2.24) is 4.98 Å². The monoisotopic (exact) mass is 424 g/mol. The van der Waals surface area contributed by atoms with Gasteiger partial charge in [-0.2, -0.15) is 0 Å². The second-order valence-corrected chi connectivity index (χ2v) is 7.40. The Balaban J connectivity index is 1.71. The number of aryl methyl sites for hydroxylation is 2. The largest absolute Gasteiger partial charge is 0.438 e. The fourth-order valence-corrected chi connectivity index (χ4v) is 3.38. The van der Waals surface area contributed by atoms with Gasteiger partial charge in [0.05, 0.1) is 10.4 Å².